The Balaban J connectivity index is 1.46. The molecule has 1 heterocycles. The summed E-state index contributed by atoms with van der Waals surface area (Å²) in [6, 6.07) is 12.7. The Bertz CT molecular complexity index is 1070. The second kappa shape index (κ2) is 10.7. The molecular formula is C22H20BrN3O7. The Kier molecular flexibility index (Phi) is 7.78. The van der Waals surface area contributed by atoms with Crippen LogP contribution >= 0.6 is 15.9 Å². The lowest BCUT2D eigenvalue weighted by atomic mass is 10.1. The molecule has 0 radical (unpaired) electrons. The molecule has 33 heavy (non-hydrogen) atoms. The smallest absolute Gasteiger partial charge is 0.337 e. The van der Waals surface area contributed by atoms with E-state index in [0.29, 0.717) is 16.8 Å². The number of methoxy groups -OCH3 is 1. The molecule has 0 bridgehead atoms. The Hall–Kier alpha value is -3.73. The number of amides is 3. The van der Waals surface area contributed by atoms with E-state index >= 15 is 0 Å². The van der Waals surface area contributed by atoms with Crippen LogP contribution in [0.4, 0.5) is 5.69 Å². The zero-order valence-corrected chi connectivity index (χ0v) is 19.1. The average molecular weight is 518 g/mol. The van der Waals surface area contributed by atoms with Gasteiger partial charge in [0.2, 0.25) is 5.91 Å². The third-order valence-electron chi connectivity index (χ3n) is 4.83. The molecule has 0 unspecified atom stereocenters. The van der Waals surface area contributed by atoms with Crippen LogP contribution in [-0.4, -0.2) is 49.9 Å². The molecule has 1 fully saturated rings. The molecule has 1 atom stereocenters. The molecule has 0 saturated carbocycles. The second-order valence-corrected chi connectivity index (χ2v) is 7.98. The van der Waals surface area contributed by atoms with Crippen LogP contribution in [0.3, 0.4) is 0 Å². The Morgan fingerprint density at radius 1 is 1.00 bits per heavy atom. The van der Waals surface area contributed by atoms with Crippen molar-refractivity contribution >= 4 is 51.3 Å². The van der Waals surface area contributed by atoms with Gasteiger partial charge in [-0.05, 0) is 48.5 Å². The second-order valence-electron chi connectivity index (χ2n) is 7.06. The zero-order valence-electron chi connectivity index (χ0n) is 17.5. The summed E-state index contributed by atoms with van der Waals surface area (Å²) >= 11 is 3.26. The van der Waals surface area contributed by atoms with E-state index in [9.17, 15) is 24.0 Å². The molecule has 1 aliphatic rings. The van der Waals surface area contributed by atoms with E-state index in [1.165, 1.54) is 24.1 Å². The maximum atomic E-state index is 12.3. The zero-order chi connectivity index (χ0) is 24.0. The minimum atomic E-state index is -0.747. The van der Waals surface area contributed by atoms with Crippen LogP contribution in [-0.2, 0) is 23.9 Å². The number of nitrogens with one attached hydrogen (secondary N) is 2. The van der Waals surface area contributed by atoms with Crippen LogP contribution in [0.5, 0.6) is 0 Å². The van der Waals surface area contributed by atoms with Crippen molar-refractivity contribution in [2.75, 3.05) is 25.2 Å². The van der Waals surface area contributed by atoms with Crippen LogP contribution in [0.15, 0.2) is 53.0 Å². The first-order valence-corrected chi connectivity index (χ1v) is 10.6. The van der Waals surface area contributed by atoms with Crippen LogP contribution in [0.1, 0.15) is 27.1 Å². The minimum absolute atomic E-state index is 0.0699. The number of esters is 2. The largest absolute Gasteiger partial charge is 0.465 e. The van der Waals surface area contributed by atoms with Crippen LogP contribution in [0.2, 0.25) is 0 Å². The van der Waals surface area contributed by atoms with Gasteiger partial charge < -0.3 is 14.4 Å². The number of anilines is 1. The molecule has 11 heteroatoms. The van der Waals surface area contributed by atoms with Crippen molar-refractivity contribution in [2.45, 2.75) is 6.42 Å². The SMILES string of the molecule is COC(=O)c1ccc(N2C[C@@H](C(=O)OCC(=O)NNC(=O)c3ccc(Br)cc3)CC2=O)cc1. The number of rotatable bonds is 6. The predicted molar refractivity (Wildman–Crippen MR) is 119 cm³/mol. The molecule has 0 spiro atoms. The highest BCUT2D eigenvalue weighted by atomic mass is 79.9. The molecule has 2 N–H and O–H groups in total. The van der Waals surface area contributed by atoms with Crippen molar-refractivity contribution < 1.29 is 33.4 Å². The summed E-state index contributed by atoms with van der Waals surface area (Å²) in [5.74, 6) is -3.49. The van der Waals surface area contributed by atoms with Gasteiger partial charge in [-0.15, -0.1) is 0 Å². The normalized spacial score (nSPS) is 15.0. The van der Waals surface area contributed by atoms with Crippen LogP contribution < -0.4 is 15.8 Å². The Labute approximate surface area is 197 Å². The highest BCUT2D eigenvalue weighted by Gasteiger charge is 2.36. The van der Waals surface area contributed by atoms with Crippen molar-refractivity contribution in [3.8, 4) is 0 Å². The monoisotopic (exact) mass is 517 g/mol. The molecule has 0 aromatic heterocycles. The number of hydrogen-bond acceptors (Lipinski definition) is 7. The lowest BCUT2D eigenvalue weighted by molar-refractivity contribution is -0.152. The lowest BCUT2D eigenvalue weighted by Crippen LogP contribution is -2.43. The summed E-state index contributed by atoms with van der Waals surface area (Å²) < 4.78 is 10.4. The van der Waals surface area contributed by atoms with Crippen molar-refractivity contribution in [1.29, 1.82) is 0 Å². The summed E-state index contributed by atoms with van der Waals surface area (Å²) in [4.78, 5) is 61.4. The number of carbonyl (C=O) groups is 5. The van der Waals surface area contributed by atoms with Gasteiger partial charge in [-0.25, -0.2) is 4.79 Å². The van der Waals surface area contributed by atoms with E-state index < -0.39 is 36.3 Å². The van der Waals surface area contributed by atoms with Gasteiger partial charge in [-0.1, -0.05) is 15.9 Å². The van der Waals surface area contributed by atoms with E-state index in [0.717, 1.165) is 4.47 Å². The fourth-order valence-electron chi connectivity index (χ4n) is 3.10. The predicted octanol–water partition coefficient (Wildman–Crippen LogP) is 1.59. The molecule has 1 aliphatic heterocycles. The highest BCUT2D eigenvalue weighted by molar-refractivity contribution is 9.10. The van der Waals surface area contributed by atoms with Gasteiger partial charge in [0, 0.05) is 28.7 Å². The highest BCUT2D eigenvalue weighted by Crippen LogP contribution is 2.26. The van der Waals surface area contributed by atoms with Gasteiger partial charge in [0.15, 0.2) is 6.61 Å². The summed E-state index contributed by atoms with van der Waals surface area (Å²) in [6.45, 7) is -0.533. The lowest BCUT2D eigenvalue weighted by Gasteiger charge is -2.16. The van der Waals surface area contributed by atoms with Gasteiger partial charge in [-0.2, -0.15) is 0 Å². The van der Waals surface area contributed by atoms with Gasteiger partial charge in [-0.3, -0.25) is 30.0 Å². The number of nitrogens with zero attached hydrogens (tertiary/aromatic N) is 1. The molecule has 1 saturated heterocycles. The van der Waals surface area contributed by atoms with Gasteiger partial charge in [0.05, 0.1) is 18.6 Å². The Morgan fingerprint density at radius 3 is 2.27 bits per heavy atom. The van der Waals surface area contributed by atoms with Gasteiger partial charge >= 0.3 is 11.9 Å². The molecule has 2 aromatic rings. The standard InChI is InChI=1S/C22H20BrN3O7/c1-32-21(30)14-4-8-17(9-5-14)26-11-15(10-19(26)28)22(31)33-12-18(27)24-25-20(29)13-2-6-16(23)7-3-13/h2-9,15H,10-12H2,1H3,(H,24,27)(H,25,29)/t15-/m0/s1. The molecule has 3 rings (SSSR count). The third kappa shape index (κ3) is 6.16. The molecule has 3 amide bonds. The fraction of sp³-hybridized carbons (Fsp3) is 0.227. The summed E-state index contributed by atoms with van der Waals surface area (Å²) in [7, 11) is 1.27. The molecule has 2 aromatic carbocycles. The van der Waals surface area contributed by atoms with Gasteiger partial charge in [0.25, 0.3) is 11.8 Å². The topological polar surface area (TPSA) is 131 Å². The van der Waals surface area contributed by atoms with Crippen LogP contribution in [0, 0.1) is 5.92 Å². The third-order valence-corrected chi connectivity index (χ3v) is 5.35. The molecular weight excluding hydrogens is 498 g/mol. The van der Waals surface area contributed by atoms with E-state index in [-0.39, 0.29) is 18.9 Å². The van der Waals surface area contributed by atoms with Crippen molar-refractivity contribution in [3.05, 3.63) is 64.1 Å². The summed E-state index contributed by atoms with van der Waals surface area (Å²) in [5, 5.41) is 0. The van der Waals surface area contributed by atoms with E-state index in [4.69, 9.17) is 4.74 Å². The molecule has 10 nitrogen and oxygen atoms in total. The summed E-state index contributed by atoms with van der Waals surface area (Å²) in [6.07, 6.45) is -0.0699. The number of ether oxygens (including phenoxy) is 2. The Morgan fingerprint density at radius 2 is 1.64 bits per heavy atom. The number of halogens is 1. The van der Waals surface area contributed by atoms with Crippen LogP contribution in [0.25, 0.3) is 0 Å². The minimum Gasteiger partial charge on any atom is -0.465 e. The first-order valence-electron chi connectivity index (χ1n) is 9.78. The molecule has 172 valence electrons. The number of hydrazine groups is 1. The maximum Gasteiger partial charge on any atom is 0.337 e. The van der Waals surface area contributed by atoms with Crippen molar-refractivity contribution in [1.82, 2.24) is 10.9 Å². The average Bonchev–Trinajstić information content (AvgIpc) is 3.22. The first-order chi connectivity index (χ1) is 15.8. The van der Waals surface area contributed by atoms with Gasteiger partial charge in [0.1, 0.15) is 0 Å². The number of benzene rings is 2. The quantitative estimate of drug-likeness (QED) is 0.439. The van der Waals surface area contributed by atoms with E-state index in [1.54, 1.807) is 36.4 Å². The van der Waals surface area contributed by atoms with E-state index in [1.807, 2.05) is 0 Å². The van der Waals surface area contributed by atoms with Crippen molar-refractivity contribution in [3.63, 3.8) is 0 Å². The van der Waals surface area contributed by atoms with E-state index in [2.05, 4.69) is 31.5 Å². The number of hydrogen-bond donors (Lipinski definition) is 2. The summed E-state index contributed by atoms with van der Waals surface area (Å²) in [5.41, 5.74) is 5.58. The maximum absolute atomic E-state index is 12.3. The number of carbonyl (C=O) groups excluding carboxylic acids is 5. The van der Waals surface area contributed by atoms with Crippen molar-refractivity contribution in [2.24, 2.45) is 5.92 Å². The molecule has 0 aliphatic carbocycles. The fourth-order valence-corrected chi connectivity index (χ4v) is 3.37. The first kappa shape index (κ1) is 23.9.